The second-order valence-electron chi connectivity index (χ2n) is 6.78. The van der Waals surface area contributed by atoms with Gasteiger partial charge in [-0.3, -0.25) is 5.33 Å². The normalized spacial score (nSPS) is 14.9. The van der Waals surface area contributed by atoms with Crippen molar-refractivity contribution in [3.63, 3.8) is 0 Å². The smallest absolute Gasteiger partial charge is 0.416 e. The average Bonchev–Trinajstić information content (AvgIpc) is 2.15. The van der Waals surface area contributed by atoms with Crippen LogP contribution in [0.25, 0.3) is 0 Å². The van der Waals surface area contributed by atoms with E-state index in [1.165, 1.54) is 0 Å². The third kappa shape index (κ3) is 5.97. The molecule has 0 saturated carbocycles. The maximum atomic E-state index is 6.50. The minimum atomic E-state index is -1.72. The van der Waals surface area contributed by atoms with Crippen molar-refractivity contribution in [1.29, 1.82) is 0 Å². The first-order chi connectivity index (χ1) is 7.48. The molecule has 0 aromatic heterocycles. The predicted octanol–water partition coefficient (Wildman–Crippen LogP) is 2.54. The summed E-state index contributed by atoms with van der Waals surface area (Å²) in [6, 6.07) is 0. The molecule has 1 atom stereocenters. The number of hydrogen-bond donors (Lipinski definition) is 0. The first kappa shape index (κ1) is 21.3. The van der Waals surface area contributed by atoms with Crippen LogP contribution in [0.5, 0.6) is 0 Å². The molecule has 0 radical (unpaired) electrons. The summed E-state index contributed by atoms with van der Waals surface area (Å²) in [5, 5.41) is 2.25. The molecule has 4 heteroatoms. The predicted molar refractivity (Wildman–Crippen MR) is 83.9 cm³/mol. The Morgan fingerprint density at radius 3 is 2.00 bits per heavy atom. The van der Waals surface area contributed by atoms with Crippen LogP contribution in [-0.2, 0) is 4.43 Å². The molecule has 0 heterocycles. The summed E-state index contributed by atoms with van der Waals surface area (Å²) in [7, 11) is -1.72. The van der Waals surface area contributed by atoms with Crippen molar-refractivity contribution < 1.29 is 23.3 Å². The third-order valence-corrected chi connectivity index (χ3v) is 8.76. The first-order valence-corrected chi connectivity index (χ1v) is 10.0. The Bertz CT molecular complexity index is 259. The van der Waals surface area contributed by atoms with E-state index in [0.717, 1.165) is 6.42 Å². The van der Waals surface area contributed by atoms with Crippen molar-refractivity contribution >= 4 is 24.2 Å². The third-order valence-electron chi connectivity index (χ3n) is 3.90. The van der Waals surface area contributed by atoms with Gasteiger partial charge in [0.1, 0.15) is 0 Å². The molecule has 0 amide bonds. The molecule has 0 aliphatic heterocycles. The summed E-state index contributed by atoms with van der Waals surface area (Å²) in [5.74, 6) is 0. The van der Waals surface area contributed by atoms with E-state index in [1.807, 2.05) is 11.4 Å². The summed E-state index contributed by atoms with van der Waals surface area (Å²) in [4.78, 5) is 0. The van der Waals surface area contributed by atoms with Crippen molar-refractivity contribution in [3.8, 4) is 0 Å². The Hall–Kier alpha value is 0.994. The fraction of sp³-hybridized carbons (Fsp3) is 0.786. The minimum absolute atomic E-state index is 0. The summed E-state index contributed by atoms with van der Waals surface area (Å²) < 4.78 is 6.50. The topological polar surface area (TPSA) is 9.23 Å². The Kier molecular flexibility index (Phi) is 9.10. The van der Waals surface area contributed by atoms with E-state index in [2.05, 4.69) is 70.2 Å². The van der Waals surface area contributed by atoms with Crippen molar-refractivity contribution in [1.82, 2.24) is 0 Å². The largest absolute Gasteiger partial charge is 1.00 e. The monoisotopic (exact) mass is 326 g/mol. The van der Waals surface area contributed by atoms with Crippen LogP contribution in [0.4, 0.5) is 0 Å². The van der Waals surface area contributed by atoms with Gasteiger partial charge in [-0.1, -0.05) is 40.7 Å². The zero-order valence-electron chi connectivity index (χ0n) is 13.4. The fourth-order valence-electron chi connectivity index (χ4n) is 1.25. The van der Waals surface area contributed by atoms with Gasteiger partial charge in [0, 0.05) is 11.5 Å². The van der Waals surface area contributed by atoms with Gasteiger partial charge in [-0.25, -0.2) is 0 Å². The molecule has 0 spiro atoms. The molecule has 0 rings (SSSR count). The number of halogens is 1. The summed E-state index contributed by atoms with van der Waals surface area (Å²) in [6.45, 7) is 19.7. The Morgan fingerprint density at radius 1 is 1.28 bits per heavy atom. The van der Waals surface area contributed by atoms with Crippen molar-refractivity contribution in [3.05, 3.63) is 18.0 Å². The molecule has 0 N–H and O–H groups in total. The molecule has 0 aliphatic carbocycles. The molecule has 0 aromatic carbocycles. The van der Waals surface area contributed by atoms with E-state index in [1.54, 1.807) is 0 Å². The molecular weight excluding hydrogens is 299 g/mol. The zero-order valence-corrected chi connectivity index (χ0v) is 16.0. The van der Waals surface area contributed by atoms with Gasteiger partial charge in [0.2, 0.25) is 0 Å². The quantitative estimate of drug-likeness (QED) is 0.414. The van der Waals surface area contributed by atoms with Crippen LogP contribution in [-0.4, -0.2) is 14.4 Å². The van der Waals surface area contributed by atoms with E-state index in [9.17, 15) is 0 Å². The second kappa shape index (κ2) is 7.69. The van der Waals surface area contributed by atoms with Crippen molar-refractivity contribution in [2.45, 2.75) is 65.3 Å². The van der Waals surface area contributed by atoms with Gasteiger partial charge in [0.05, 0.1) is 0 Å². The molecule has 0 fully saturated rings. The van der Waals surface area contributed by atoms with Crippen LogP contribution in [0.15, 0.2) is 12.7 Å². The molecule has 102 valence electrons. The van der Waals surface area contributed by atoms with Gasteiger partial charge in [0.25, 0.3) is 0 Å². The van der Waals surface area contributed by atoms with Gasteiger partial charge in [0.15, 0.2) is 8.32 Å². The van der Waals surface area contributed by atoms with Crippen molar-refractivity contribution in [2.75, 3.05) is 0 Å². The molecule has 0 saturated heterocycles. The second-order valence-corrected chi connectivity index (χ2v) is 12.2. The molecule has 0 bridgehead atoms. The van der Waals surface area contributed by atoms with Gasteiger partial charge >= 0.3 is 18.9 Å². The van der Waals surface area contributed by atoms with Crippen LogP contribution in [0.1, 0.15) is 41.0 Å². The first-order valence-electron chi connectivity index (χ1n) is 6.21. The van der Waals surface area contributed by atoms with Gasteiger partial charge in [-0.05, 0) is 18.1 Å². The van der Waals surface area contributed by atoms with Crippen LogP contribution in [0, 0.1) is 10.7 Å². The SMILES string of the molecule is C=CC(C)(C)[C@H](C[CH-]Br)O[Si](C)(C)C(C)(C)C.[Li+]. The van der Waals surface area contributed by atoms with E-state index < -0.39 is 8.32 Å². The summed E-state index contributed by atoms with van der Waals surface area (Å²) in [5.41, 5.74) is -0.000208. The summed E-state index contributed by atoms with van der Waals surface area (Å²) >= 11 is 3.41. The number of rotatable bonds is 6. The molecule has 0 aliphatic rings. The molecule has 18 heavy (non-hydrogen) atoms. The van der Waals surface area contributed by atoms with Gasteiger partial charge in [-0.15, -0.1) is 13.0 Å². The van der Waals surface area contributed by atoms with E-state index in [0.29, 0.717) is 0 Å². The van der Waals surface area contributed by atoms with Crippen LogP contribution < -0.4 is 18.9 Å². The van der Waals surface area contributed by atoms with Crippen LogP contribution in [0.2, 0.25) is 18.1 Å². The van der Waals surface area contributed by atoms with Crippen molar-refractivity contribution in [2.24, 2.45) is 5.41 Å². The zero-order chi connectivity index (χ0) is 13.9. The van der Waals surface area contributed by atoms with Gasteiger partial charge < -0.3 is 20.4 Å². The molecule has 0 unspecified atom stereocenters. The fourth-order valence-corrected chi connectivity index (χ4v) is 3.05. The van der Waals surface area contributed by atoms with Gasteiger partial charge in [-0.2, -0.15) is 0 Å². The van der Waals surface area contributed by atoms with Crippen LogP contribution >= 0.6 is 15.9 Å². The van der Waals surface area contributed by atoms with Crippen LogP contribution in [0.3, 0.4) is 0 Å². The van der Waals surface area contributed by atoms with E-state index >= 15 is 0 Å². The Balaban J connectivity index is 0. The number of hydrogen-bond acceptors (Lipinski definition) is 1. The Morgan fingerprint density at radius 2 is 1.72 bits per heavy atom. The molecule has 0 aromatic rings. The molecule has 1 nitrogen and oxygen atoms in total. The molecular formula is C14H28BrLiOSi. The maximum Gasteiger partial charge on any atom is 1.00 e. The standard InChI is InChI=1S/C14H28BrOSi.Li/c1-9-14(5,6)12(10-11-15)16-17(7,8)13(2,3)4;/h9,11-12H,1,10H2,2-8H3;/q-1;+1/t12-;/m0./s1. The van der Waals surface area contributed by atoms with E-state index in [-0.39, 0.29) is 35.4 Å². The average molecular weight is 327 g/mol. The Labute approximate surface area is 136 Å². The minimum Gasteiger partial charge on any atom is -0.416 e. The summed E-state index contributed by atoms with van der Waals surface area (Å²) in [6.07, 6.45) is 3.10. The maximum absolute atomic E-state index is 6.50. The van der Waals surface area contributed by atoms with E-state index in [4.69, 9.17) is 4.43 Å².